The van der Waals surface area contributed by atoms with Crippen molar-refractivity contribution in [1.29, 1.82) is 0 Å². The lowest BCUT2D eigenvalue weighted by molar-refractivity contribution is -0.129. The molecular formula is C28H24O6. The van der Waals surface area contributed by atoms with Crippen LogP contribution in [0.15, 0.2) is 82.0 Å². The third-order valence-corrected chi connectivity index (χ3v) is 5.40. The number of rotatable bonds is 7. The molecule has 0 atom stereocenters. The van der Waals surface area contributed by atoms with Gasteiger partial charge in [-0.3, -0.25) is 4.79 Å². The molecule has 0 unspecified atom stereocenters. The van der Waals surface area contributed by atoms with E-state index in [1.807, 2.05) is 25.1 Å². The zero-order chi connectivity index (χ0) is 24.1. The highest BCUT2D eigenvalue weighted by atomic mass is 16.5. The summed E-state index contributed by atoms with van der Waals surface area (Å²) in [5.41, 5.74) is 2.36. The molecule has 0 saturated heterocycles. The fourth-order valence-corrected chi connectivity index (χ4v) is 3.48. The Kier molecular flexibility index (Phi) is 6.78. The van der Waals surface area contributed by atoms with E-state index >= 15 is 0 Å². The molecule has 0 spiro atoms. The standard InChI is InChI=1S/C28H24O6/c1-4-18-7-15-24-23(17-18)26(30)28(27(33-24)20-9-13-22(32-3)14-10-20)34-25(29)16-8-19-5-11-21(31-2)12-6-19/h5-17H,4H2,1-3H3. The molecule has 6 nitrogen and oxygen atoms in total. The van der Waals surface area contributed by atoms with Crippen molar-refractivity contribution in [3.8, 4) is 28.6 Å². The van der Waals surface area contributed by atoms with Gasteiger partial charge in [0.1, 0.15) is 17.1 Å². The van der Waals surface area contributed by atoms with Gasteiger partial charge in [0.2, 0.25) is 11.2 Å². The van der Waals surface area contributed by atoms with Crippen LogP contribution in [0.1, 0.15) is 18.1 Å². The molecule has 172 valence electrons. The van der Waals surface area contributed by atoms with E-state index in [1.165, 1.54) is 6.08 Å². The molecule has 0 amide bonds. The predicted octanol–water partition coefficient (Wildman–Crippen LogP) is 5.66. The SMILES string of the molecule is CCc1ccc2oc(-c3ccc(OC)cc3)c(OC(=O)C=Cc3ccc(OC)cc3)c(=O)c2c1. The lowest BCUT2D eigenvalue weighted by Crippen LogP contribution is -2.14. The van der Waals surface area contributed by atoms with Crippen LogP contribution in [0.2, 0.25) is 0 Å². The van der Waals surface area contributed by atoms with Crippen LogP contribution >= 0.6 is 0 Å². The maximum atomic E-state index is 13.4. The number of carbonyl (C=O) groups is 1. The van der Waals surface area contributed by atoms with Gasteiger partial charge in [0.05, 0.1) is 19.6 Å². The van der Waals surface area contributed by atoms with Crippen molar-refractivity contribution in [3.63, 3.8) is 0 Å². The first-order chi connectivity index (χ1) is 16.5. The molecule has 0 aliphatic heterocycles. The van der Waals surface area contributed by atoms with Crippen molar-refractivity contribution in [1.82, 2.24) is 0 Å². The average molecular weight is 456 g/mol. The maximum absolute atomic E-state index is 13.4. The van der Waals surface area contributed by atoms with Crippen molar-refractivity contribution in [2.45, 2.75) is 13.3 Å². The number of benzene rings is 3. The summed E-state index contributed by atoms with van der Waals surface area (Å²) in [6.45, 7) is 2.00. The van der Waals surface area contributed by atoms with Crippen LogP contribution in [-0.4, -0.2) is 20.2 Å². The largest absolute Gasteiger partial charge is 0.497 e. The van der Waals surface area contributed by atoms with E-state index in [-0.39, 0.29) is 11.5 Å². The number of methoxy groups -OCH3 is 2. The Morgan fingerprint density at radius 2 is 1.56 bits per heavy atom. The molecule has 0 saturated carbocycles. The number of carbonyl (C=O) groups excluding carboxylic acids is 1. The normalized spacial score (nSPS) is 11.0. The molecule has 0 aliphatic carbocycles. The molecular weight excluding hydrogens is 432 g/mol. The summed E-state index contributed by atoms with van der Waals surface area (Å²) < 4.78 is 22.0. The lowest BCUT2D eigenvalue weighted by atomic mass is 10.1. The van der Waals surface area contributed by atoms with Crippen LogP contribution in [0.5, 0.6) is 17.2 Å². The summed E-state index contributed by atoms with van der Waals surface area (Å²) in [6, 6.07) is 19.6. The zero-order valence-electron chi connectivity index (χ0n) is 19.2. The van der Waals surface area contributed by atoms with Gasteiger partial charge < -0.3 is 18.6 Å². The highest BCUT2D eigenvalue weighted by Crippen LogP contribution is 2.32. The third kappa shape index (κ3) is 4.86. The van der Waals surface area contributed by atoms with E-state index in [9.17, 15) is 9.59 Å². The van der Waals surface area contributed by atoms with Gasteiger partial charge in [-0.05, 0) is 72.2 Å². The summed E-state index contributed by atoms with van der Waals surface area (Å²) in [7, 11) is 3.15. The number of ether oxygens (including phenoxy) is 3. The molecule has 1 heterocycles. The van der Waals surface area contributed by atoms with Crippen LogP contribution in [-0.2, 0) is 11.2 Å². The molecule has 0 N–H and O–H groups in total. The second-order valence-electron chi connectivity index (χ2n) is 7.53. The number of fused-ring (bicyclic) bond motifs is 1. The third-order valence-electron chi connectivity index (χ3n) is 5.40. The number of hydrogen-bond donors (Lipinski definition) is 0. The van der Waals surface area contributed by atoms with Crippen molar-refractivity contribution >= 4 is 23.0 Å². The number of aryl methyl sites for hydroxylation is 1. The molecule has 3 aromatic carbocycles. The summed E-state index contributed by atoms with van der Waals surface area (Å²) in [5.74, 6) is 0.694. The van der Waals surface area contributed by atoms with Gasteiger partial charge in [-0.1, -0.05) is 25.1 Å². The highest BCUT2D eigenvalue weighted by molar-refractivity contribution is 5.91. The first-order valence-corrected chi connectivity index (χ1v) is 10.8. The minimum atomic E-state index is -0.691. The van der Waals surface area contributed by atoms with Crippen molar-refractivity contribution in [3.05, 3.63) is 94.2 Å². The van der Waals surface area contributed by atoms with Crippen molar-refractivity contribution in [2.75, 3.05) is 14.2 Å². The molecule has 34 heavy (non-hydrogen) atoms. The van der Waals surface area contributed by atoms with E-state index in [0.717, 1.165) is 17.5 Å². The highest BCUT2D eigenvalue weighted by Gasteiger charge is 2.20. The predicted molar refractivity (Wildman–Crippen MR) is 132 cm³/mol. The van der Waals surface area contributed by atoms with Crippen LogP contribution in [0, 0.1) is 0 Å². The topological polar surface area (TPSA) is 75.0 Å². The Hall–Kier alpha value is -4.32. The minimum Gasteiger partial charge on any atom is -0.497 e. The smallest absolute Gasteiger partial charge is 0.336 e. The van der Waals surface area contributed by atoms with Gasteiger partial charge in [-0.25, -0.2) is 4.79 Å². The first kappa shape index (κ1) is 22.9. The zero-order valence-corrected chi connectivity index (χ0v) is 19.2. The maximum Gasteiger partial charge on any atom is 0.336 e. The molecule has 4 rings (SSSR count). The average Bonchev–Trinajstić information content (AvgIpc) is 2.89. The fraction of sp³-hybridized carbons (Fsp3) is 0.143. The molecule has 0 radical (unpaired) electrons. The van der Waals surface area contributed by atoms with E-state index < -0.39 is 11.4 Å². The van der Waals surface area contributed by atoms with Crippen LogP contribution < -0.4 is 19.6 Å². The summed E-state index contributed by atoms with van der Waals surface area (Å²) in [4.78, 5) is 26.1. The summed E-state index contributed by atoms with van der Waals surface area (Å²) >= 11 is 0. The number of hydrogen-bond acceptors (Lipinski definition) is 6. The Bertz CT molecular complexity index is 1400. The molecule has 4 aromatic rings. The second-order valence-corrected chi connectivity index (χ2v) is 7.53. The molecule has 1 aromatic heterocycles. The van der Waals surface area contributed by atoms with E-state index in [2.05, 4.69) is 0 Å². The first-order valence-electron chi connectivity index (χ1n) is 10.8. The molecule has 0 bridgehead atoms. The van der Waals surface area contributed by atoms with Gasteiger partial charge in [-0.15, -0.1) is 0 Å². The fourth-order valence-electron chi connectivity index (χ4n) is 3.48. The lowest BCUT2D eigenvalue weighted by Gasteiger charge is -2.11. The monoisotopic (exact) mass is 456 g/mol. The van der Waals surface area contributed by atoms with E-state index in [4.69, 9.17) is 18.6 Å². The Morgan fingerprint density at radius 1 is 0.912 bits per heavy atom. The van der Waals surface area contributed by atoms with Crippen LogP contribution in [0.3, 0.4) is 0 Å². The molecule has 6 heteroatoms. The summed E-state index contributed by atoms with van der Waals surface area (Å²) in [5, 5.41) is 0.360. The summed E-state index contributed by atoms with van der Waals surface area (Å²) in [6.07, 6.45) is 3.63. The van der Waals surface area contributed by atoms with Gasteiger partial charge in [0.25, 0.3) is 0 Å². The Morgan fingerprint density at radius 3 is 2.18 bits per heavy atom. The van der Waals surface area contributed by atoms with Gasteiger partial charge in [0.15, 0.2) is 5.76 Å². The molecule has 0 aliphatic rings. The second kappa shape index (κ2) is 10.1. The van der Waals surface area contributed by atoms with Crippen LogP contribution in [0.4, 0.5) is 0 Å². The quantitative estimate of drug-likeness (QED) is 0.264. The van der Waals surface area contributed by atoms with E-state index in [0.29, 0.717) is 28.0 Å². The van der Waals surface area contributed by atoms with Gasteiger partial charge in [-0.2, -0.15) is 0 Å². The number of esters is 1. The van der Waals surface area contributed by atoms with Crippen molar-refractivity contribution in [2.24, 2.45) is 0 Å². The minimum absolute atomic E-state index is 0.157. The molecule has 0 fully saturated rings. The Balaban J connectivity index is 1.74. The van der Waals surface area contributed by atoms with Gasteiger partial charge in [0, 0.05) is 11.6 Å². The van der Waals surface area contributed by atoms with E-state index in [1.54, 1.807) is 68.8 Å². The van der Waals surface area contributed by atoms with Gasteiger partial charge >= 0.3 is 5.97 Å². The Labute approximate surface area is 197 Å². The van der Waals surface area contributed by atoms with Crippen LogP contribution in [0.25, 0.3) is 28.4 Å². The van der Waals surface area contributed by atoms with Crippen molar-refractivity contribution < 1.29 is 23.4 Å².